The fraction of sp³-hybridized carbons (Fsp3) is 0.455. The minimum absolute atomic E-state index is 0.0288. The van der Waals surface area contributed by atoms with Gasteiger partial charge in [-0.1, -0.05) is 24.3 Å². The average Bonchev–Trinajstić information content (AvgIpc) is 2.70. The summed E-state index contributed by atoms with van der Waals surface area (Å²) in [7, 11) is -6.93. The van der Waals surface area contributed by atoms with E-state index in [0.717, 1.165) is 22.3 Å². The van der Waals surface area contributed by atoms with Gasteiger partial charge in [0, 0.05) is 32.7 Å². The van der Waals surface area contributed by atoms with Crippen molar-refractivity contribution >= 4 is 19.9 Å². The number of hydrogen-bond acceptors (Lipinski definition) is 5. The Morgan fingerprint density at radius 3 is 1.80 bits per heavy atom. The Bertz CT molecular complexity index is 1130. The van der Waals surface area contributed by atoms with Gasteiger partial charge in [-0.3, -0.25) is 4.90 Å². The SMILES string of the molecule is Cc1ccc(C)c(S(=O)(=O)CCN2CCN(S(=O)(=O)c3cc(C)ccc3C)CC2)c1. The molecule has 1 saturated heterocycles. The third-order valence-corrected chi connectivity index (χ3v) is 9.52. The molecule has 30 heavy (non-hydrogen) atoms. The molecule has 1 heterocycles. The van der Waals surface area contributed by atoms with E-state index in [1.807, 2.05) is 49.9 Å². The molecule has 0 aliphatic carbocycles. The number of nitrogens with zero attached hydrogens (tertiary/aromatic N) is 2. The standard InChI is InChI=1S/C22H30N2O4S2/c1-17-5-7-19(3)21(15-17)29(25,26)14-13-23-9-11-24(12-10-23)30(27,28)22-16-18(2)6-8-20(22)4/h5-8,15-16H,9-14H2,1-4H3. The molecular weight excluding hydrogens is 420 g/mol. The smallest absolute Gasteiger partial charge is 0.243 e. The minimum atomic E-state index is -3.55. The first-order valence-corrected chi connectivity index (χ1v) is 13.2. The zero-order valence-electron chi connectivity index (χ0n) is 18.1. The molecule has 164 valence electrons. The van der Waals surface area contributed by atoms with Crippen molar-refractivity contribution < 1.29 is 16.8 Å². The van der Waals surface area contributed by atoms with Gasteiger partial charge in [0.15, 0.2) is 9.84 Å². The lowest BCUT2D eigenvalue weighted by molar-refractivity contribution is 0.197. The van der Waals surface area contributed by atoms with Crippen LogP contribution in [0.2, 0.25) is 0 Å². The summed E-state index contributed by atoms with van der Waals surface area (Å²) in [5.41, 5.74) is 3.33. The maximum Gasteiger partial charge on any atom is 0.243 e. The molecule has 0 unspecified atom stereocenters. The van der Waals surface area contributed by atoms with Crippen LogP contribution < -0.4 is 0 Å². The zero-order chi connectivity index (χ0) is 22.1. The first-order chi connectivity index (χ1) is 14.0. The van der Waals surface area contributed by atoms with Gasteiger partial charge in [0.25, 0.3) is 0 Å². The summed E-state index contributed by atoms with van der Waals surface area (Å²) < 4.78 is 53.2. The van der Waals surface area contributed by atoms with E-state index in [-0.39, 0.29) is 5.75 Å². The Morgan fingerprint density at radius 1 is 0.733 bits per heavy atom. The summed E-state index contributed by atoms with van der Waals surface area (Å²) in [6, 6.07) is 10.9. The zero-order valence-corrected chi connectivity index (χ0v) is 19.7. The number of aryl methyl sites for hydroxylation is 4. The monoisotopic (exact) mass is 450 g/mol. The van der Waals surface area contributed by atoms with Crippen LogP contribution in [0, 0.1) is 27.7 Å². The molecule has 0 atom stereocenters. The lowest BCUT2D eigenvalue weighted by atomic mass is 10.2. The molecular formula is C22H30N2O4S2. The summed E-state index contributed by atoms with van der Waals surface area (Å²) >= 11 is 0. The number of rotatable bonds is 6. The van der Waals surface area contributed by atoms with Crippen LogP contribution >= 0.6 is 0 Å². The van der Waals surface area contributed by atoms with Gasteiger partial charge >= 0.3 is 0 Å². The van der Waals surface area contributed by atoms with Crippen LogP contribution in [-0.4, -0.2) is 64.5 Å². The maximum absolute atomic E-state index is 13.0. The quantitative estimate of drug-likeness (QED) is 0.676. The first kappa shape index (κ1) is 22.9. The summed E-state index contributed by atoms with van der Waals surface area (Å²) in [4.78, 5) is 2.77. The van der Waals surface area contributed by atoms with Crippen molar-refractivity contribution in [2.24, 2.45) is 0 Å². The van der Waals surface area contributed by atoms with Crippen LogP contribution in [0.1, 0.15) is 22.3 Å². The Morgan fingerprint density at radius 2 is 1.23 bits per heavy atom. The van der Waals surface area contributed by atoms with Crippen molar-refractivity contribution in [2.45, 2.75) is 37.5 Å². The van der Waals surface area contributed by atoms with Crippen LogP contribution in [0.3, 0.4) is 0 Å². The largest absolute Gasteiger partial charge is 0.300 e. The summed E-state index contributed by atoms with van der Waals surface area (Å²) in [5.74, 6) is 0.0288. The van der Waals surface area contributed by atoms with E-state index in [0.29, 0.717) is 42.5 Å². The van der Waals surface area contributed by atoms with E-state index in [4.69, 9.17) is 0 Å². The van der Waals surface area contributed by atoms with Gasteiger partial charge in [0.2, 0.25) is 10.0 Å². The fourth-order valence-electron chi connectivity index (χ4n) is 3.72. The number of sulfonamides is 1. The maximum atomic E-state index is 13.0. The van der Waals surface area contributed by atoms with Gasteiger partial charge in [-0.15, -0.1) is 0 Å². The van der Waals surface area contributed by atoms with E-state index in [9.17, 15) is 16.8 Å². The van der Waals surface area contributed by atoms with E-state index >= 15 is 0 Å². The Kier molecular flexibility index (Phi) is 6.72. The molecule has 3 rings (SSSR count). The number of sulfone groups is 1. The van der Waals surface area contributed by atoms with Gasteiger partial charge in [-0.25, -0.2) is 16.8 Å². The molecule has 2 aromatic rings. The number of benzene rings is 2. The second-order valence-corrected chi connectivity index (χ2v) is 12.1. The summed E-state index contributed by atoms with van der Waals surface area (Å²) in [5, 5.41) is 0. The molecule has 2 aromatic carbocycles. The van der Waals surface area contributed by atoms with Gasteiger partial charge < -0.3 is 0 Å². The lowest BCUT2D eigenvalue weighted by Gasteiger charge is -2.34. The highest BCUT2D eigenvalue weighted by molar-refractivity contribution is 7.91. The molecule has 0 aromatic heterocycles. The number of hydrogen-bond donors (Lipinski definition) is 0. The third kappa shape index (κ3) is 4.94. The van der Waals surface area contributed by atoms with E-state index in [1.165, 1.54) is 4.31 Å². The predicted molar refractivity (Wildman–Crippen MR) is 119 cm³/mol. The van der Waals surface area contributed by atoms with Crippen LogP contribution in [0.25, 0.3) is 0 Å². The van der Waals surface area contributed by atoms with E-state index in [1.54, 1.807) is 19.1 Å². The highest BCUT2D eigenvalue weighted by atomic mass is 32.2. The molecule has 1 aliphatic heterocycles. The Labute approximate surface area is 180 Å². The van der Waals surface area contributed by atoms with E-state index < -0.39 is 19.9 Å². The van der Waals surface area contributed by atoms with Crippen LogP contribution in [0.5, 0.6) is 0 Å². The highest BCUT2D eigenvalue weighted by Crippen LogP contribution is 2.23. The molecule has 0 bridgehead atoms. The fourth-order valence-corrected chi connectivity index (χ4v) is 7.09. The topological polar surface area (TPSA) is 74.8 Å². The van der Waals surface area contributed by atoms with Gasteiger partial charge in [0.05, 0.1) is 15.5 Å². The Hall–Kier alpha value is -1.74. The van der Waals surface area contributed by atoms with Crippen molar-refractivity contribution in [3.05, 3.63) is 58.7 Å². The minimum Gasteiger partial charge on any atom is -0.300 e. The predicted octanol–water partition coefficient (Wildman–Crippen LogP) is 2.70. The van der Waals surface area contributed by atoms with Crippen molar-refractivity contribution in [2.75, 3.05) is 38.5 Å². The van der Waals surface area contributed by atoms with Crippen molar-refractivity contribution in [3.8, 4) is 0 Å². The van der Waals surface area contributed by atoms with E-state index in [2.05, 4.69) is 0 Å². The molecule has 0 N–H and O–H groups in total. The van der Waals surface area contributed by atoms with Crippen molar-refractivity contribution in [1.82, 2.24) is 9.21 Å². The van der Waals surface area contributed by atoms with Gasteiger partial charge in [-0.2, -0.15) is 4.31 Å². The third-order valence-electron chi connectivity index (χ3n) is 5.65. The normalized spacial score (nSPS) is 16.7. The lowest BCUT2D eigenvalue weighted by Crippen LogP contribution is -2.49. The van der Waals surface area contributed by atoms with Crippen molar-refractivity contribution in [1.29, 1.82) is 0 Å². The molecule has 1 fully saturated rings. The van der Waals surface area contributed by atoms with Crippen LogP contribution in [-0.2, 0) is 19.9 Å². The first-order valence-electron chi connectivity index (χ1n) is 10.1. The molecule has 1 aliphatic rings. The summed E-state index contributed by atoms with van der Waals surface area (Å²) in [6.07, 6.45) is 0. The van der Waals surface area contributed by atoms with Gasteiger partial charge in [0.1, 0.15) is 0 Å². The molecule has 0 spiro atoms. The molecule has 0 amide bonds. The second kappa shape index (κ2) is 8.78. The number of piperazine rings is 1. The molecule has 8 heteroatoms. The molecule has 0 radical (unpaired) electrons. The van der Waals surface area contributed by atoms with Gasteiger partial charge in [-0.05, 0) is 62.1 Å². The second-order valence-electron chi connectivity index (χ2n) is 8.10. The Balaban J connectivity index is 1.63. The molecule has 6 nitrogen and oxygen atoms in total. The van der Waals surface area contributed by atoms with Crippen LogP contribution in [0.15, 0.2) is 46.2 Å². The average molecular weight is 451 g/mol. The molecule has 0 saturated carbocycles. The van der Waals surface area contributed by atoms with Crippen LogP contribution in [0.4, 0.5) is 0 Å². The van der Waals surface area contributed by atoms with Crippen molar-refractivity contribution in [3.63, 3.8) is 0 Å². The highest BCUT2D eigenvalue weighted by Gasteiger charge is 2.30. The summed E-state index contributed by atoms with van der Waals surface area (Å²) in [6.45, 7) is 9.54.